The van der Waals surface area contributed by atoms with E-state index in [9.17, 15) is 9.59 Å². The first-order chi connectivity index (χ1) is 14.6. The molecule has 1 unspecified atom stereocenters. The summed E-state index contributed by atoms with van der Waals surface area (Å²) in [4.78, 5) is 34.2. The number of rotatable bonds is 5. The second-order valence-corrected chi connectivity index (χ2v) is 10.00. The van der Waals surface area contributed by atoms with Crippen LogP contribution in [0.15, 0.2) is 40.3 Å². The number of amides is 1. The highest BCUT2D eigenvalue weighted by atomic mass is 32.2. The van der Waals surface area contributed by atoms with Crippen molar-refractivity contribution in [2.24, 2.45) is 5.92 Å². The molecule has 6 nitrogen and oxygen atoms in total. The van der Waals surface area contributed by atoms with Crippen LogP contribution in [-0.4, -0.2) is 46.0 Å². The average Bonchev–Trinajstić information content (AvgIpc) is 3.31. The number of carbonyl (C=O) groups excluding carboxylic acids is 1. The lowest BCUT2D eigenvalue weighted by molar-refractivity contribution is 0.160. The van der Waals surface area contributed by atoms with E-state index in [0.717, 1.165) is 35.2 Å². The lowest BCUT2D eigenvalue weighted by Gasteiger charge is -2.18. The van der Waals surface area contributed by atoms with E-state index >= 15 is 0 Å². The number of aryl methyl sites for hydroxylation is 1. The van der Waals surface area contributed by atoms with Gasteiger partial charge in [0.2, 0.25) is 0 Å². The number of para-hydroxylation sites is 1. The van der Waals surface area contributed by atoms with Crippen LogP contribution in [0.3, 0.4) is 0 Å². The summed E-state index contributed by atoms with van der Waals surface area (Å²) in [5.41, 5.74) is 2.04. The molecule has 156 valence electrons. The van der Waals surface area contributed by atoms with Crippen LogP contribution in [0.5, 0.6) is 0 Å². The standard InChI is InChI=1S/C22H23N3O3S2/c1-14-7-8-16-17(13-14)30-19-18(16)20(26)25(15-5-3-2-4-6-15)21(23-19)29-12-10-24-9-11-28-22(24)27/h2-6,14H,7-13H2,1H3. The molecule has 2 aromatic heterocycles. The van der Waals surface area contributed by atoms with Crippen LogP contribution in [0.25, 0.3) is 15.9 Å². The van der Waals surface area contributed by atoms with E-state index in [4.69, 9.17) is 9.72 Å². The van der Waals surface area contributed by atoms with Crippen LogP contribution < -0.4 is 5.56 Å². The highest BCUT2D eigenvalue weighted by molar-refractivity contribution is 7.99. The molecule has 0 N–H and O–H groups in total. The van der Waals surface area contributed by atoms with Gasteiger partial charge < -0.3 is 9.64 Å². The van der Waals surface area contributed by atoms with Crippen molar-refractivity contribution in [3.8, 4) is 5.69 Å². The first kappa shape index (κ1) is 19.6. The summed E-state index contributed by atoms with van der Waals surface area (Å²) < 4.78 is 6.74. The fourth-order valence-electron chi connectivity index (χ4n) is 4.15. The van der Waals surface area contributed by atoms with Gasteiger partial charge >= 0.3 is 6.09 Å². The number of carbonyl (C=O) groups is 1. The Bertz CT molecular complexity index is 1160. The summed E-state index contributed by atoms with van der Waals surface area (Å²) in [6, 6.07) is 9.70. The number of thioether (sulfide) groups is 1. The number of nitrogens with zero attached hydrogens (tertiary/aromatic N) is 3. The fraction of sp³-hybridized carbons (Fsp3) is 0.409. The number of thiophene rings is 1. The van der Waals surface area contributed by atoms with Gasteiger partial charge in [-0.15, -0.1) is 11.3 Å². The van der Waals surface area contributed by atoms with Gasteiger partial charge in [0.05, 0.1) is 17.6 Å². The molecule has 1 atom stereocenters. The Hall–Kier alpha value is -2.32. The van der Waals surface area contributed by atoms with E-state index in [2.05, 4.69) is 6.92 Å². The molecule has 0 spiro atoms. The highest BCUT2D eigenvalue weighted by Gasteiger charge is 2.26. The molecule has 1 fully saturated rings. The first-order valence-electron chi connectivity index (χ1n) is 10.3. The average molecular weight is 442 g/mol. The Balaban J connectivity index is 1.56. The lowest BCUT2D eigenvalue weighted by atomic mass is 9.89. The van der Waals surface area contributed by atoms with Crippen molar-refractivity contribution in [2.75, 3.05) is 25.4 Å². The van der Waals surface area contributed by atoms with Crippen LogP contribution in [0, 0.1) is 5.92 Å². The molecule has 30 heavy (non-hydrogen) atoms. The molecule has 1 aliphatic heterocycles. The quantitative estimate of drug-likeness (QED) is 0.440. The molecule has 1 saturated heterocycles. The molecule has 0 bridgehead atoms. The minimum Gasteiger partial charge on any atom is -0.448 e. The van der Waals surface area contributed by atoms with Crippen molar-refractivity contribution in [1.82, 2.24) is 14.5 Å². The number of benzene rings is 1. The summed E-state index contributed by atoms with van der Waals surface area (Å²) in [5, 5.41) is 1.47. The van der Waals surface area contributed by atoms with Gasteiger partial charge in [0.1, 0.15) is 11.4 Å². The van der Waals surface area contributed by atoms with Gasteiger partial charge in [-0.05, 0) is 42.9 Å². The highest BCUT2D eigenvalue weighted by Crippen LogP contribution is 2.37. The minimum absolute atomic E-state index is 0.0151. The second kappa shape index (κ2) is 8.07. The maximum atomic E-state index is 13.7. The molecule has 1 aromatic carbocycles. The summed E-state index contributed by atoms with van der Waals surface area (Å²) >= 11 is 3.19. The summed E-state index contributed by atoms with van der Waals surface area (Å²) in [7, 11) is 0. The minimum atomic E-state index is -0.264. The van der Waals surface area contributed by atoms with E-state index in [0.29, 0.717) is 36.5 Å². The van der Waals surface area contributed by atoms with Gasteiger partial charge in [0.25, 0.3) is 5.56 Å². The zero-order valence-electron chi connectivity index (χ0n) is 16.8. The van der Waals surface area contributed by atoms with Crippen molar-refractivity contribution < 1.29 is 9.53 Å². The van der Waals surface area contributed by atoms with Crippen molar-refractivity contribution in [3.05, 3.63) is 51.1 Å². The van der Waals surface area contributed by atoms with E-state index in [-0.39, 0.29) is 11.7 Å². The normalized spacial score (nSPS) is 18.6. The third kappa shape index (κ3) is 3.52. The van der Waals surface area contributed by atoms with Crippen LogP contribution >= 0.6 is 23.1 Å². The molecule has 5 rings (SSSR count). The third-order valence-electron chi connectivity index (χ3n) is 5.75. The molecule has 1 amide bonds. The van der Waals surface area contributed by atoms with E-state index in [1.54, 1.807) is 20.8 Å². The monoisotopic (exact) mass is 441 g/mol. The van der Waals surface area contributed by atoms with Crippen LogP contribution in [0.1, 0.15) is 23.8 Å². The van der Waals surface area contributed by atoms with Gasteiger partial charge in [-0.25, -0.2) is 9.78 Å². The maximum absolute atomic E-state index is 13.7. The van der Waals surface area contributed by atoms with Crippen LogP contribution in [0.2, 0.25) is 0 Å². The van der Waals surface area contributed by atoms with E-state index in [1.807, 2.05) is 30.3 Å². The van der Waals surface area contributed by atoms with Crippen molar-refractivity contribution in [2.45, 2.75) is 31.3 Å². The molecule has 0 radical (unpaired) electrons. The first-order valence-corrected chi connectivity index (χ1v) is 12.1. The van der Waals surface area contributed by atoms with Crippen molar-refractivity contribution in [1.29, 1.82) is 0 Å². The predicted octanol–water partition coefficient (Wildman–Crippen LogP) is 4.12. The molecule has 8 heteroatoms. The lowest BCUT2D eigenvalue weighted by Crippen LogP contribution is -2.27. The van der Waals surface area contributed by atoms with Gasteiger partial charge in [0, 0.05) is 17.2 Å². The number of ether oxygens (including phenoxy) is 1. The zero-order valence-corrected chi connectivity index (χ0v) is 18.4. The van der Waals surface area contributed by atoms with Crippen molar-refractivity contribution in [3.63, 3.8) is 0 Å². The Morgan fingerprint density at radius 3 is 2.87 bits per heavy atom. The Morgan fingerprint density at radius 1 is 1.27 bits per heavy atom. The number of hydrogen-bond donors (Lipinski definition) is 0. The van der Waals surface area contributed by atoms with Crippen molar-refractivity contribution >= 4 is 39.4 Å². The topological polar surface area (TPSA) is 64.4 Å². The summed E-state index contributed by atoms with van der Waals surface area (Å²) in [6.07, 6.45) is 2.83. The summed E-state index contributed by atoms with van der Waals surface area (Å²) in [5.74, 6) is 1.30. The predicted molar refractivity (Wildman–Crippen MR) is 120 cm³/mol. The Morgan fingerprint density at radius 2 is 2.10 bits per heavy atom. The maximum Gasteiger partial charge on any atom is 0.409 e. The molecule has 3 heterocycles. The van der Waals surface area contributed by atoms with E-state index < -0.39 is 0 Å². The van der Waals surface area contributed by atoms with Crippen LogP contribution in [0.4, 0.5) is 4.79 Å². The van der Waals surface area contributed by atoms with E-state index in [1.165, 1.54) is 22.2 Å². The molecular weight excluding hydrogens is 418 g/mol. The third-order valence-corrected chi connectivity index (χ3v) is 7.82. The van der Waals surface area contributed by atoms with Gasteiger partial charge in [-0.2, -0.15) is 0 Å². The molecule has 1 aliphatic carbocycles. The molecular formula is C22H23N3O3S2. The Labute approximate surface area is 182 Å². The number of cyclic esters (lactones) is 1. The Kier molecular flexibility index (Phi) is 5.28. The number of hydrogen-bond acceptors (Lipinski definition) is 6. The second-order valence-electron chi connectivity index (χ2n) is 7.85. The number of fused-ring (bicyclic) bond motifs is 3. The van der Waals surface area contributed by atoms with Gasteiger partial charge in [0.15, 0.2) is 5.16 Å². The molecule has 3 aromatic rings. The largest absolute Gasteiger partial charge is 0.448 e. The van der Waals surface area contributed by atoms with Crippen LogP contribution in [-0.2, 0) is 17.6 Å². The number of aromatic nitrogens is 2. The van der Waals surface area contributed by atoms with Gasteiger partial charge in [-0.1, -0.05) is 36.9 Å². The van der Waals surface area contributed by atoms with Gasteiger partial charge in [-0.3, -0.25) is 9.36 Å². The smallest absolute Gasteiger partial charge is 0.409 e. The zero-order chi connectivity index (χ0) is 20.7. The SMILES string of the molecule is CC1CCc2c(sc3nc(SCCN4CCOC4=O)n(-c4ccccc4)c(=O)c23)C1. The molecule has 2 aliphatic rings. The molecule has 0 saturated carbocycles. The summed E-state index contributed by atoms with van der Waals surface area (Å²) in [6.45, 7) is 3.91. The fourth-order valence-corrected chi connectivity index (χ4v) is 6.55.